The molecule has 1 aliphatic carbocycles. The van der Waals surface area contributed by atoms with Gasteiger partial charge in [-0.25, -0.2) is 4.98 Å². The van der Waals surface area contributed by atoms with Crippen LogP contribution < -0.4 is 10.6 Å². The fraction of sp³-hybridized carbons (Fsp3) is 0.222. The number of rotatable bonds is 6. The first kappa shape index (κ1) is 15.3. The second kappa shape index (κ2) is 6.38. The molecule has 0 saturated heterocycles. The van der Waals surface area contributed by atoms with E-state index in [2.05, 4.69) is 37.0 Å². The van der Waals surface area contributed by atoms with Crippen LogP contribution >= 0.6 is 11.3 Å². The summed E-state index contributed by atoms with van der Waals surface area (Å²) < 4.78 is 2.00. The van der Waals surface area contributed by atoms with Gasteiger partial charge in [-0.1, -0.05) is 6.07 Å². The van der Waals surface area contributed by atoms with Crippen molar-refractivity contribution >= 4 is 34.3 Å². The van der Waals surface area contributed by atoms with Crippen LogP contribution in [-0.2, 0) is 6.54 Å². The fourth-order valence-electron chi connectivity index (χ4n) is 2.77. The average Bonchev–Trinajstić information content (AvgIpc) is 3.16. The number of hydrogen-bond acceptors (Lipinski definition) is 7. The number of pyridine rings is 1. The third-order valence-electron chi connectivity index (χ3n) is 4.27. The number of nitrogens with one attached hydrogen (secondary N) is 2. The fourth-order valence-corrected chi connectivity index (χ4v) is 3.40. The molecule has 0 atom stereocenters. The highest BCUT2D eigenvalue weighted by atomic mass is 32.1. The number of hydrogen-bond donors (Lipinski definition) is 2. The number of anilines is 2. The molecule has 8 heteroatoms. The van der Waals surface area contributed by atoms with E-state index in [1.54, 1.807) is 17.5 Å². The Morgan fingerprint density at radius 3 is 2.96 bits per heavy atom. The van der Waals surface area contributed by atoms with Gasteiger partial charge in [-0.3, -0.25) is 9.55 Å². The normalized spacial score (nSPS) is 13.8. The van der Waals surface area contributed by atoms with Crippen LogP contribution in [0.1, 0.15) is 18.4 Å². The van der Waals surface area contributed by atoms with E-state index in [1.165, 1.54) is 12.8 Å². The van der Waals surface area contributed by atoms with Gasteiger partial charge < -0.3 is 10.6 Å². The summed E-state index contributed by atoms with van der Waals surface area (Å²) in [6.07, 6.45) is 7.77. The molecule has 7 nitrogen and oxygen atoms in total. The number of thiophene rings is 1. The van der Waals surface area contributed by atoms with E-state index in [4.69, 9.17) is 4.98 Å². The Bertz CT molecular complexity index is 1020. The average molecular weight is 363 g/mol. The van der Waals surface area contributed by atoms with Crippen LogP contribution in [0.15, 0.2) is 47.7 Å². The van der Waals surface area contributed by atoms with E-state index < -0.39 is 0 Å². The third-order valence-corrected chi connectivity index (χ3v) is 4.94. The number of aromatic nitrogens is 5. The van der Waals surface area contributed by atoms with Crippen LogP contribution in [-0.4, -0.2) is 30.5 Å². The van der Waals surface area contributed by atoms with E-state index in [0.717, 1.165) is 28.2 Å². The summed E-state index contributed by atoms with van der Waals surface area (Å²) in [6.45, 7) is 0.620. The third kappa shape index (κ3) is 2.99. The summed E-state index contributed by atoms with van der Waals surface area (Å²) >= 11 is 1.65. The predicted molar refractivity (Wildman–Crippen MR) is 103 cm³/mol. The molecule has 0 bridgehead atoms. The zero-order chi connectivity index (χ0) is 17.3. The van der Waals surface area contributed by atoms with Crippen LogP contribution in [0.5, 0.6) is 0 Å². The topological polar surface area (TPSA) is 80.5 Å². The van der Waals surface area contributed by atoms with Gasteiger partial charge in [0.25, 0.3) is 0 Å². The minimum atomic E-state index is 0.491. The highest BCUT2D eigenvalue weighted by Crippen LogP contribution is 2.29. The monoisotopic (exact) mass is 363 g/mol. The van der Waals surface area contributed by atoms with Crippen LogP contribution in [0.25, 0.3) is 16.9 Å². The highest BCUT2D eigenvalue weighted by Gasteiger charge is 2.24. The molecule has 130 valence electrons. The first-order valence-electron chi connectivity index (χ1n) is 8.54. The van der Waals surface area contributed by atoms with E-state index in [9.17, 15) is 0 Å². The molecule has 4 aromatic rings. The maximum absolute atomic E-state index is 4.72. The van der Waals surface area contributed by atoms with Crippen molar-refractivity contribution in [1.82, 2.24) is 24.5 Å². The summed E-state index contributed by atoms with van der Waals surface area (Å²) in [5, 5.41) is 10.9. The minimum absolute atomic E-state index is 0.491. The minimum Gasteiger partial charge on any atom is -0.365 e. The summed E-state index contributed by atoms with van der Waals surface area (Å²) in [7, 11) is 0. The zero-order valence-corrected chi connectivity index (χ0v) is 14.8. The molecule has 26 heavy (non-hydrogen) atoms. The molecule has 2 N–H and O–H groups in total. The maximum Gasteiger partial charge on any atom is 0.227 e. The van der Waals surface area contributed by atoms with Crippen LogP contribution in [0, 0.1) is 0 Å². The quantitative estimate of drug-likeness (QED) is 0.546. The van der Waals surface area contributed by atoms with Gasteiger partial charge in [0.05, 0.1) is 5.69 Å². The molecular formula is C18H17N7S. The Kier molecular flexibility index (Phi) is 3.75. The lowest BCUT2D eigenvalue weighted by molar-refractivity contribution is 1.02. The Hall–Kier alpha value is -3.00. The maximum atomic E-state index is 4.72. The Morgan fingerprint density at radius 1 is 1.23 bits per heavy atom. The summed E-state index contributed by atoms with van der Waals surface area (Å²) in [5.74, 6) is 1.38. The molecule has 0 aliphatic heterocycles. The van der Waals surface area contributed by atoms with Gasteiger partial charge in [-0.05, 0) is 35.9 Å². The Balaban J connectivity index is 1.53. The van der Waals surface area contributed by atoms with Crippen molar-refractivity contribution < 1.29 is 0 Å². The van der Waals surface area contributed by atoms with Crippen molar-refractivity contribution in [3.8, 4) is 5.69 Å². The second-order valence-corrected chi connectivity index (χ2v) is 7.08. The van der Waals surface area contributed by atoms with E-state index in [1.807, 2.05) is 34.6 Å². The lowest BCUT2D eigenvalue weighted by atomic mass is 10.3. The van der Waals surface area contributed by atoms with E-state index in [-0.39, 0.29) is 0 Å². The standard InChI is InChI=1S/C18H17N7S/c1-2-12(8-19-6-1)9-20-18-23-16(22-13-3-4-13)15-17(24-18)25(11-21-15)14-5-7-26-10-14/h1-2,5-8,10-11,13H,3-4,9H2,(H2,20,22,23,24). The Morgan fingerprint density at radius 2 is 2.19 bits per heavy atom. The van der Waals surface area contributed by atoms with Gasteiger partial charge in [0.15, 0.2) is 17.0 Å². The van der Waals surface area contributed by atoms with Gasteiger partial charge in [-0.15, -0.1) is 0 Å². The lowest BCUT2D eigenvalue weighted by Crippen LogP contribution is -2.09. The van der Waals surface area contributed by atoms with Gasteiger partial charge >= 0.3 is 0 Å². The molecule has 4 heterocycles. The Labute approximate surface area is 154 Å². The summed E-state index contributed by atoms with van der Waals surface area (Å²) in [4.78, 5) is 18.1. The van der Waals surface area contributed by atoms with Crippen molar-refractivity contribution in [2.45, 2.75) is 25.4 Å². The first-order valence-corrected chi connectivity index (χ1v) is 9.48. The number of imidazole rings is 1. The van der Waals surface area contributed by atoms with Crippen molar-refractivity contribution in [2.24, 2.45) is 0 Å². The van der Waals surface area contributed by atoms with Gasteiger partial charge in [0.2, 0.25) is 5.95 Å². The molecule has 0 unspecified atom stereocenters. The molecular weight excluding hydrogens is 346 g/mol. The highest BCUT2D eigenvalue weighted by molar-refractivity contribution is 7.08. The number of fused-ring (bicyclic) bond motifs is 1. The molecule has 1 aliphatic rings. The van der Waals surface area contributed by atoms with Crippen molar-refractivity contribution in [2.75, 3.05) is 10.6 Å². The number of nitrogens with zero attached hydrogens (tertiary/aromatic N) is 5. The SMILES string of the molecule is c1cncc(CNc2nc(NC3CC3)c3ncn(-c4ccsc4)c3n2)c1. The second-order valence-electron chi connectivity index (χ2n) is 6.30. The summed E-state index contributed by atoms with van der Waals surface area (Å²) in [6, 6.07) is 6.50. The van der Waals surface area contributed by atoms with Crippen molar-refractivity contribution in [3.63, 3.8) is 0 Å². The van der Waals surface area contributed by atoms with Crippen molar-refractivity contribution in [1.29, 1.82) is 0 Å². The molecule has 1 fully saturated rings. The molecule has 0 aromatic carbocycles. The van der Waals surface area contributed by atoms with Gasteiger partial charge in [0.1, 0.15) is 6.33 Å². The first-order chi connectivity index (χ1) is 12.9. The predicted octanol–water partition coefficient (Wildman–Crippen LogP) is 3.46. The van der Waals surface area contributed by atoms with E-state index in [0.29, 0.717) is 18.5 Å². The molecule has 5 rings (SSSR count). The zero-order valence-electron chi connectivity index (χ0n) is 14.0. The lowest BCUT2D eigenvalue weighted by Gasteiger charge is -2.10. The van der Waals surface area contributed by atoms with Crippen molar-refractivity contribution in [3.05, 3.63) is 53.2 Å². The molecule has 0 radical (unpaired) electrons. The van der Waals surface area contributed by atoms with Gasteiger partial charge in [-0.2, -0.15) is 21.3 Å². The molecule has 1 saturated carbocycles. The largest absolute Gasteiger partial charge is 0.365 e. The molecule has 4 aromatic heterocycles. The summed E-state index contributed by atoms with van der Waals surface area (Å²) in [5.41, 5.74) is 3.75. The molecule has 0 amide bonds. The van der Waals surface area contributed by atoms with E-state index >= 15 is 0 Å². The van der Waals surface area contributed by atoms with Crippen LogP contribution in [0.2, 0.25) is 0 Å². The van der Waals surface area contributed by atoms with Crippen LogP contribution in [0.4, 0.5) is 11.8 Å². The van der Waals surface area contributed by atoms with Gasteiger partial charge in [0, 0.05) is 30.4 Å². The van der Waals surface area contributed by atoms with Crippen LogP contribution in [0.3, 0.4) is 0 Å². The molecule has 0 spiro atoms. The smallest absolute Gasteiger partial charge is 0.227 e.